The average Bonchev–Trinajstić information content (AvgIpc) is 2.88. The van der Waals surface area contributed by atoms with Crippen molar-refractivity contribution in [2.24, 2.45) is 0 Å². The largest absolute Gasteiger partial charge is 0.417 e. The Morgan fingerprint density at radius 3 is 2.40 bits per heavy atom. The topological polar surface area (TPSA) is 49.3 Å². The second kappa shape index (κ2) is 6.72. The van der Waals surface area contributed by atoms with E-state index < -0.39 is 29.8 Å². The lowest BCUT2D eigenvalue weighted by molar-refractivity contribution is -0.118. The minimum absolute atomic E-state index is 0.0856. The standard InChI is InChI=1S/C19H16F3NO2/c20-19(21,22)15(12-6-2-1-3-7-12)11-17(25)23-18-14-9-5-4-8-13(14)10-16(18)24/h1-9,11,16,18,24H,10H2,(H,23,25). The van der Waals surface area contributed by atoms with Gasteiger partial charge in [0.25, 0.3) is 0 Å². The maximum Gasteiger partial charge on any atom is 0.417 e. The summed E-state index contributed by atoms with van der Waals surface area (Å²) in [6, 6.07) is 13.6. The van der Waals surface area contributed by atoms with Gasteiger partial charge in [0.15, 0.2) is 0 Å². The number of halogens is 3. The lowest BCUT2D eigenvalue weighted by Gasteiger charge is -2.18. The van der Waals surface area contributed by atoms with Crippen molar-refractivity contribution in [3.63, 3.8) is 0 Å². The third-order valence-corrected chi connectivity index (χ3v) is 4.17. The van der Waals surface area contributed by atoms with Gasteiger partial charge in [-0.1, -0.05) is 54.6 Å². The van der Waals surface area contributed by atoms with Crippen LogP contribution >= 0.6 is 0 Å². The Balaban J connectivity index is 1.86. The number of hydrogen-bond donors (Lipinski definition) is 2. The van der Waals surface area contributed by atoms with Gasteiger partial charge < -0.3 is 10.4 Å². The molecule has 0 spiro atoms. The molecule has 0 radical (unpaired) electrons. The molecule has 1 aliphatic carbocycles. The van der Waals surface area contributed by atoms with Gasteiger partial charge in [0, 0.05) is 12.5 Å². The first-order valence-electron chi connectivity index (χ1n) is 7.77. The van der Waals surface area contributed by atoms with E-state index in [0.29, 0.717) is 12.5 Å². The highest BCUT2D eigenvalue weighted by Gasteiger charge is 2.36. The molecule has 0 saturated carbocycles. The molecular formula is C19H16F3NO2. The first-order valence-corrected chi connectivity index (χ1v) is 7.77. The first kappa shape index (κ1) is 17.2. The summed E-state index contributed by atoms with van der Waals surface area (Å²) in [5.74, 6) is -0.892. The number of benzene rings is 2. The highest BCUT2D eigenvalue weighted by Crippen LogP contribution is 2.34. The fourth-order valence-electron chi connectivity index (χ4n) is 3.02. The molecule has 0 aromatic heterocycles. The number of carbonyl (C=O) groups excluding carboxylic acids is 1. The molecule has 2 aromatic rings. The van der Waals surface area contributed by atoms with Crippen LogP contribution in [0.4, 0.5) is 13.2 Å². The van der Waals surface area contributed by atoms with Crippen LogP contribution < -0.4 is 5.32 Å². The van der Waals surface area contributed by atoms with Crippen LogP contribution in [0.15, 0.2) is 60.7 Å². The Kier molecular flexibility index (Phi) is 4.63. The Labute approximate surface area is 142 Å². The molecular weight excluding hydrogens is 331 g/mol. The summed E-state index contributed by atoms with van der Waals surface area (Å²) in [7, 11) is 0. The van der Waals surface area contributed by atoms with E-state index in [1.165, 1.54) is 24.3 Å². The SMILES string of the molecule is O=C(C=C(c1ccccc1)C(F)(F)F)NC1c2ccccc2CC1O. The molecule has 25 heavy (non-hydrogen) atoms. The molecule has 6 heteroatoms. The number of allylic oxidation sites excluding steroid dienone is 1. The zero-order chi connectivity index (χ0) is 18.0. The van der Waals surface area contributed by atoms with E-state index >= 15 is 0 Å². The number of aliphatic hydroxyl groups excluding tert-OH is 1. The summed E-state index contributed by atoms with van der Waals surface area (Å²) in [4.78, 5) is 12.2. The van der Waals surface area contributed by atoms with Gasteiger partial charge in [0.2, 0.25) is 5.91 Å². The number of aliphatic hydroxyl groups is 1. The Morgan fingerprint density at radius 2 is 1.72 bits per heavy atom. The van der Waals surface area contributed by atoms with E-state index in [2.05, 4.69) is 5.32 Å². The van der Waals surface area contributed by atoms with Crippen LogP contribution in [0.5, 0.6) is 0 Å². The summed E-state index contributed by atoms with van der Waals surface area (Å²) in [6.45, 7) is 0. The number of rotatable bonds is 3. The third-order valence-electron chi connectivity index (χ3n) is 4.17. The van der Waals surface area contributed by atoms with Gasteiger partial charge in [-0.3, -0.25) is 4.79 Å². The van der Waals surface area contributed by atoms with Crippen LogP contribution in [0.2, 0.25) is 0 Å². The van der Waals surface area contributed by atoms with Crippen LogP contribution in [0.25, 0.3) is 5.57 Å². The van der Waals surface area contributed by atoms with Gasteiger partial charge in [-0.15, -0.1) is 0 Å². The molecule has 0 saturated heterocycles. The van der Waals surface area contributed by atoms with E-state index in [1.807, 2.05) is 12.1 Å². The van der Waals surface area contributed by atoms with Crippen molar-refractivity contribution >= 4 is 11.5 Å². The number of alkyl halides is 3. The van der Waals surface area contributed by atoms with Crippen molar-refractivity contribution in [1.29, 1.82) is 0 Å². The van der Waals surface area contributed by atoms with Gasteiger partial charge in [0.05, 0.1) is 17.7 Å². The number of fused-ring (bicyclic) bond motifs is 1. The monoisotopic (exact) mass is 347 g/mol. The van der Waals surface area contributed by atoms with E-state index in [-0.39, 0.29) is 5.56 Å². The smallest absolute Gasteiger partial charge is 0.390 e. The predicted molar refractivity (Wildman–Crippen MR) is 87.5 cm³/mol. The highest BCUT2D eigenvalue weighted by atomic mass is 19.4. The van der Waals surface area contributed by atoms with Crippen LogP contribution in [0.1, 0.15) is 22.7 Å². The molecule has 3 nitrogen and oxygen atoms in total. The van der Waals surface area contributed by atoms with Crippen molar-refractivity contribution in [3.8, 4) is 0 Å². The van der Waals surface area contributed by atoms with Crippen molar-refractivity contribution in [2.75, 3.05) is 0 Å². The number of carbonyl (C=O) groups is 1. The Hall–Kier alpha value is -2.60. The zero-order valence-corrected chi connectivity index (χ0v) is 13.1. The average molecular weight is 347 g/mol. The molecule has 2 aromatic carbocycles. The summed E-state index contributed by atoms with van der Waals surface area (Å²) in [6.07, 6.45) is -4.62. The van der Waals surface area contributed by atoms with E-state index in [9.17, 15) is 23.1 Å². The van der Waals surface area contributed by atoms with E-state index in [4.69, 9.17) is 0 Å². The number of hydrogen-bond acceptors (Lipinski definition) is 2. The van der Waals surface area contributed by atoms with E-state index in [1.54, 1.807) is 18.2 Å². The highest BCUT2D eigenvalue weighted by molar-refractivity contribution is 5.96. The molecule has 0 fully saturated rings. The maximum atomic E-state index is 13.3. The predicted octanol–water partition coefficient (Wildman–Crippen LogP) is 3.41. The second-order valence-corrected chi connectivity index (χ2v) is 5.88. The van der Waals surface area contributed by atoms with Crippen LogP contribution in [-0.4, -0.2) is 23.3 Å². The van der Waals surface area contributed by atoms with Gasteiger partial charge in [-0.25, -0.2) is 0 Å². The van der Waals surface area contributed by atoms with E-state index in [0.717, 1.165) is 11.1 Å². The zero-order valence-electron chi connectivity index (χ0n) is 13.1. The second-order valence-electron chi connectivity index (χ2n) is 5.88. The number of nitrogens with one attached hydrogen (secondary N) is 1. The summed E-state index contributed by atoms with van der Waals surface area (Å²) < 4.78 is 39.9. The summed E-state index contributed by atoms with van der Waals surface area (Å²) >= 11 is 0. The fourth-order valence-corrected chi connectivity index (χ4v) is 3.02. The molecule has 0 heterocycles. The normalized spacial score (nSPS) is 20.2. The minimum atomic E-state index is -4.66. The Morgan fingerprint density at radius 1 is 1.08 bits per heavy atom. The third kappa shape index (κ3) is 3.74. The molecule has 3 rings (SSSR count). The lowest BCUT2D eigenvalue weighted by atomic mass is 10.0. The number of amides is 1. The molecule has 2 unspecified atom stereocenters. The quantitative estimate of drug-likeness (QED) is 0.836. The minimum Gasteiger partial charge on any atom is -0.390 e. The Bertz CT molecular complexity index is 800. The van der Waals surface area contributed by atoms with Crippen LogP contribution in [0, 0.1) is 0 Å². The fraction of sp³-hybridized carbons (Fsp3) is 0.211. The maximum absolute atomic E-state index is 13.3. The van der Waals surface area contributed by atoms with Crippen LogP contribution in [0.3, 0.4) is 0 Å². The van der Waals surface area contributed by atoms with Crippen molar-refractivity contribution < 1.29 is 23.1 Å². The molecule has 0 aliphatic heterocycles. The molecule has 2 atom stereocenters. The van der Waals surface area contributed by atoms with Crippen molar-refractivity contribution in [1.82, 2.24) is 5.32 Å². The molecule has 1 aliphatic rings. The van der Waals surface area contributed by atoms with Crippen molar-refractivity contribution in [2.45, 2.75) is 24.7 Å². The molecule has 0 bridgehead atoms. The molecule has 2 N–H and O–H groups in total. The van der Waals surface area contributed by atoms with Gasteiger partial charge in [-0.05, 0) is 16.7 Å². The first-order chi connectivity index (χ1) is 11.9. The van der Waals surface area contributed by atoms with Gasteiger partial charge >= 0.3 is 6.18 Å². The molecule has 1 amide bonds. The van der Waals surface area contributed by atoms with Crippen LogP contribution in [-0.2, 0) is 11.2 Å². The lowest BCUT2D eigenvalue weighted by Crippen LogP contribution is -2.33. The summed E-state index contributed by atoms with van der Waals surface area (Å²) in [5.41, 5.74) is 0.497. The van der Waals surface area contributed by atoms with Crippen molar-refractivity contribution in [3.05, 3.63) is 77.4 Å². The van der Waals surface area contributed by atoms with Gasteiger partial charge in [0.1, 0.15) is 0 Å². The van der Waals surface area contributed by atoms with Gasteiger partial charge in [-0.2, -0.15) is 13.2 Å². The summed E-state index contributed by atoms with van der Waals surface area (Å²) in [5, 5.41) is 12.6. The molecule has 130 valence electrons.